The van der Waals surface area contributed by atoms with E-state index in [2.05, 4.69) is 10.3 Å². The van der Waals surface area contributed by atoms with Crippen molar-refractivity contribution in [2.75, 3.05) is 18.5 Å². The number of pyridine rings is 1. The molecule has 3 aromatic rings. The minimum Gasteiger partial charge on any atom is -0.459 e. The molecule has 0 amide bonds. The lowest BCUT2D eigenvalue weighted by Gasteiger charge is -2.17. The van der Waals surface area contributed by atoms with E-state index in [-0.39, 0.29) is 29.2 Å². The number of hydrogen-bond acceptors (Lipinski definition) is 6. The highest BCUT2D eigenvalue weighted by atomic mass is 19.4. The highest BCUT2D eigenvalue weighted by molar-refractivity contribution is 6.00. The van der Waals surface area contributed by atoms with Gasteiger partial charge in [-0.3, -0.25) is 4.98 Å². The van der Waals surface area contributed by atoms with Crippen molar-refractivity contribution in [2.24, 2.45) is 0 Å². The van der Waals surface area contributed by atoms with Gasteiger partial charge < -0.3 is 19.5 Å². The molecule has 2 heterocycles. The van der Waals surface area contributed by atoms with Crippen molar-refractivity contribution in [1.82, 2.24) is 4.98 Å². The lowest BCUT2D eigenvalue weighted by atomic mass is 10.1. The summed E-state index contributed by atoms with van der Waals surface area (Å²) < 4.78 is 56.6. The first-order valence-electron chi connectivity index (χ1n) is 9.94. The molecule has 1 aromatic heterocycles. The Morgan fingerprint density at radius 3 is 2.66 bits per heavy atom. The molecule has 0 radical (unpaired) electrons. The van der Waals surface area contributed by atoms with Crippen LogP contribution in [-0.4, -0.2) is 36.1 Å². The van der Waals surface area contributed by atoms with E-state index in [1.54, 1.807) is 50.2 Å². The Balaban J connectivity index is 1.57. The number of benzene rings is 2. The van der Waals surface area contributed by atoms with Crippen LogP contribution in [0.4, 0.5) is 24.5 Å². The van der Waals surface area contributed by atoms with Crippen LogP contribution in [0.2, 0.25) is 0 Å². The lowest BCUT2D eigenvalue weighted by Crippen LogP contribution is -2.25. The van der Waals surface area contributed by atoms with Gasteiger partial charge in [0.25, 0.3) is 0 Å². The first-order valence-corrected chi connectivity index (χ1v) is 9.94. The molecule has 168 valence electrons. The number of para-hydroxylation sites is 2. The second-order valence-electron chi connectivity index (χ2n) is 7.78. The zero-order valence-corrected chi connectivity index (χ0v) is 17.4. The van der Waals surface area contributed by atoms with Crippen LogP contribution in [-0.2, 0) is 20.4 Å². The Hall–Kier alpha value is -3.17. The Kier molecular flexibility index (Phi) is 5.79. The highest BCUT2D eigenvalue weighted by Gasteiger charge is 2.34. The highest BCUT2D eigenvalue weighted by Crippen LogP contribution is 2.36. The molecule has 0 bridgehead atoms. The number of hydrogen-bond donors (Lipinski definition) is 1. The second-order valence-corrected chi connectivity index (χ2v) is 7.78. The number of nitrogens with one attached hydrogen (secondary N) is 1. The summed E-state index contributed by atoms with van der Waals surface area (Å²) in [6.45, 7) is 3.88. The monoisotopic (exact) mass is 446 g/mol. The Morgan fingerprint density at radius 1 is 1.16 bits per heavy atom. The maximum Gasteiger partial charge on any atom is 0.418 e. The van der Waals surface area contributed by atoms with E-state index < -0.39 is 23.5 Å². The average Bonchev–Trinajstić information content (AvgIpc) is 3.10. The first-order chi connectivity index (χ1) is 15.1. The number of rotatable bonds is 5. The quantitative estimate of drug-likeness (QED) is 0.536. The third-order valence-electron chi connectivity index (χ3n) is 4.96. The molecule has 1 aliphatic rings. The summed E-state index contributed by atoms with van der Waals surface area (Å²) in [5.74, 6) is -1.32. The topological polar surface area (TPSA) is 69.7 Å². The average molecular weight is 446 g/mol. The third-order valence-corrected chi connectivity index (χ3v) is 4.96. The van der Waals surface area contributed by atoms with Crippen LogP contribution in [0.5, 0.6) is 0 Å². The van der Waals surface area contributed by atoms with Crippen LogP contribution in [0.15, 0.2) is 54.7 Å². The number of anilines is 2. The summed E-state index contributed by atoms with van der Waals surface area (Å²) in [6, 6.07) is 12.0. The standard InChI is InChI=1S/C23H21F3N2O4/c1-22(2)31-13-14(32-22)12-30-21(29)16-6-3-4-9-18(16)28-19-10-11-27-20-15(19)7-5-8-17(20)23(24,25)26/h3-11,14H,12-13H2,1-2H3,(H,27,28). The normalized spacial score (nSPS) is 18.0. The van der Waals surface area contributed by atoms with Crippen LogP contribution in [0.25, 0.3) is 10.9 Å². The number of nitrogens with zero attached hydrogens (tertiary/aromatic N) is 1. The fraction of sp³-hybridized carbons (Fsp3) is 0.304. The minimum atomic E-state index is -4.53. The number of carbonyl (C=O) groups is 1. The maximum absolute atomic E-state index is 13.4. The number of alkyl halides is 3. The summed E-state index contributed by atoms with van der Waals surface area (Å²) in [7, 11) is 0. The van der Waals surface area contributed by atoms with Crippen molar-refractivity contribution in [2.45, 2.75) is 31.9 Å². The van der Waals surface area contributed by atoms with Gasteiger partial charge in [-0.05, 0) is 38.1 Å². The molecule has 6 nitrogen and oxygen atoms in total. The molecule has 4 rings (SSSR count). The van der Waals surface area contributed by atoms with Gasteiger partial charge in [0.15, 0.2) is 5.79 Å². The predicted octanol–water partition coefficient (Wildman–Crippen LogP) is 5.31. The first kappa shape index (κ1) is 22.0. The van der Waals surface area contributed by atoms with Gasteiger partial charge in [-0.15, -0.1) is 0 Å². The summed E-state index contributed by atoms with van der Waals surface area (Å²) >= 11 is 0. The third kappa shape index (κ3) is 4.68. The molecule has 1 saturated heterocycles. The van der Waals surface area contributed by atoms with E-state index >= 15 is 0 Å². The molecular formula is C23H21F3N2O4. The van der Waals surface area contributed by atoms with Crippen LogP contribution < -0.4 is 5.32 Å². The number of esters is 1. The number of ether oxygens (including phenoxy) is 3. The van der Waals surface area contributed by atoms with Gasteiger partial charge in [-0.1, -0.05) is 24.3 Å². The molecule has 1 N–H and O–H groups in total. The van der Waals surface area contributed by atoms with Gasteiger partial charge in [0.1, 0.15) is 12.7 Å². The van der Waals surface area contributed by atoms with Gasteiger partial charge >= 0.3 is 12.1 Å². The van der Waals surface area contributed by atoms with Crippen LogP contribution in [0.3, 0.4) is 0 Å². The van der Waals surface area contributed by atoms with Gasteiger partial charge in [-0.25, -0.2) is 4.79 Å². The molecule has 0 spiro atoms. The number of fused-ring (bicyclic) bond motifs is 1. The zero-order chi connectivity index (χ0) is 22.9. The smallest absolute Gasteiger partial charge is 0.418 e. The molecular weight excluding hydrogens is 425 g/mol. The Bertz CT molecular complexity index is 1150. The maximum atomic E-state index is 13.4. The largest absolute Gasteiger partial charge is 0.459 e. The molecule has 1 unspecified atom stereocenters. The van der Waals surface area contributed by atoms with E-state index in [0.29, 0.717) is 18.0 Å². The number of carbonyl (C=O) groups excluding carboxylic acids is 1. The van der Waals surface area contributed by atoms with Gasteiger partial charge in [0.05, 0.1) is 28.9 Å². The van der Waals surface area contributed by atoms with Crippen molar-refractivity contribution in [3.05, 3.63) is 65.9 Å². The van der Waals surface area contributed by atoms with Crippen molar-refractivity contribution in [3.8, 4) is 0 Å². The fourth-order valence-corrected chi connectivity index (χ4v) is 3.52. The van der Waals surface area contributed by atoms with Gasteiger partial charge in [0, 0.05) is 17.3 Å². The number of halogens is 3. The van der Waals surface area contributed by atoms with E-state index in [9.17, 15) is 18.0 Å². The van der Waals surface area contributed by atoms with Crippen LogP contribution in [0, 0.1) is 0 Å². The molecule has 2 aromatic carbocycles. The van der Waals surface area contributed by atoms with Crippen molar-refractivity contribution in [3.63, 3.8) is 0 Å². The van der Waals surface area contributed by atoms with E-state index in [1.165, 1.54) is 12.3 Å². The second kappa shape index (κ2) is 8.40. The Morgan fingerprint density at radius 2 is 1.94 bits per heavy atom. The summed E-state index contributed by atoms with van der Waals surface area (Å²) in [5, 5.41) is 3.33. The van der Waals surface area contributed by atoms with E-state index in [1.807, 2.05) is 0 Å². The van der Waals surface area contributed by atoms with Crippen molar-refractivity contribution >= 4 is 28.2 Å². The van der Waals surface area contributed by atoms with Crippen LogP contribution in [0.1, 0.15) is 29.8 Å². The molecule has 1 fully saturated rings. The molecule has 32 heavy (non-hydrogen) atoms. The summed E-state index contributed by atoms with van der Waals surface area (Å²) in [6.07, 6.45) is -3.62. The summed E-state index contributed by atoms with van der Waals surface area (Å²) in [4.78, 5) is 16.6. The molecule has 1 aliphatic heterocycles. The Labute approximate surface area is 182 Å². The fourth-order valence-electron chi connectivity index (χ4n) is 3.52. The van der Waals surface area contributed by atoms with Gasteiger partial charge in [0.2, 0.25) is 0 Å². The van der Waals surface area contributed by atoms with Crippen molar-refractivity contribution in [1.29, 1.82) is 0 Å². The number of aromatic nitrogens is 1. The molecule has 1 atom stereocenters. The predicted molar refractivity (Wildman–Crippen MR) is 112 cm³/mol. The molecule has 9 heteroatoms. The van der Waals surface area contributed by atoms with E-state index in [4.69, 9.17) is 14.2 Å². The van der Waals surface area contributed by atoms with Gasteiger partial charge in [-0.2, -0.15) is 13.2 Å². The molecule has 0 saturated carbocycles. The SMILES string of the molecule is CC1(C)OCC(COC(=O)c2ccccc2Nc2ccnc3c(C(F)(F)F)cccc23)O1. The van der Waals surface area contributed by atoms with Crippen molar-refractivity contribution < 1.29 is 32.2 Å². The minimum absolute atomic E-state index is 0.0176. The van der Waals surface area contributed by atoms with Crippen LogP contribution >= 0.6 is 0 Å². The zero-order valence-electron chi connectivity index (χ0n) is 17.4. The molecule has 0 aliphatic carbocycles. The lowest BCUT2D eigenvalue weighted by molar-refractivity contribution is -0.142. The van der Waals surface area contributed by atoms with E-state index in [0.717, 1.165) is 6.07 Å². The summed E-state index contributed by atoms with van der Waals surface area (Å²) in [5.41, 5.74) is 0.0173.